The molecule has 0 spiro atoms. The second-order valence-corrected chi connectivity index (χ2v) is 11.7. The van der Waals surface area contributed by atoms with E-state index in [0.29, 0.717) is 69.1 Å². The predicted molar refractivity (Wildman–Crippen MR) is 165 cm³/mol. The van der Waals surface area contributed by atoms with E-state index in [1.54, 1.807) is 54.7 Å². The molecular formula is C32H33N3O7S. The van der Waals surface area contributed by atoms with Gasteiger partial charge in [0.25, 0.3) is 0 Å². The maximum absolute atomic E-state index is 12.9. The van der Waals surface area contributed by atoms with Crippen LogP contribution < -0.4 is 18.9 Å². The third kappa shape index (κ3) is 5.94. The molecule has 1 amide bonds. The molecule has 0 aliphatic rings. The van der Waals surface area contributed by atoms with E-state index in [1.807, 2.05) is 26.8 Å². The van der Waals surface area contributed by atoms with Crippen molar-refractivity contribution in [3.63, 3.8) is 0 Å². The van der Waals surface area contributed by atoms with Gasteiger partial charge in [0, 0.05) is 22.7 Å². The third-order valence-corrected chi connectivity index (χ3v) is 8.27. The lowest BCUT2D eigenvalue weighted by atomic mass is 9.98. The van der Waals surface area contributed by atoms with Crippen molar-refractivity contribution in [2.45, 2.75) is 32.9 Å². The highest BCUT2D eigenvalue weighted by Gasteiger charge is 2.26. The molecule has 0 aliphatic carbocycles. The molecule has 0 saturated heterocycles. The van der Waals surface area contributed by atoms with Crippen LogP contribution in [0.1, 0.15) is 30.5 Å². The Morgan fingerprint density at radius 2 is 1.79 bits per heavy atom. The minimum Gasteiger partial charge on any atom is -0.504 e. The molecule has 0 radical (unpaired) electrons. The lowest BCUT2D eigenvalue weighted by Gasteiger charge is -2.13. The summed E-state index contributed by atoms with van der Waals surface area (Å²) in [5.74, 6) is 0.201. The molecule has 2 aromatic heterocycles. The van der Waals surface area contributed by atoms with E-state index in [0.717, 1.165) is 11.1 Å². The molecule has 43 heavy (non-hydrogen) atoms. The summed E-state index contributed by atoms with van der Waals surface area (Å²) >= 11 is 0. The van der Waals surface area contributed by atoms with Crippen LogP contribution in [-0.4, -0.2) is 49.7 Å². The number of ether oxygens (including phenoxy) is 3. The lowest BCUT2D eigenvalue weighted by Crippen LogP contribution is -2.32. The number of nitrogens with one attached hydrogen (secondary N) is 2. The Bertz CT molecular complexity index is 1930. The first-order valence-corrected chi connectivity index (χ1v) is 15.5. The molecule has 0 atom stereocenters. The largest absolute Gasteiger partial charge is 0.504 e. The summed E-state index contributed by atoms with van der Waals surface area (Å²) in [6.07, 6.45) is 1.53. The quantitative estimate of drug-likeness (QED) is 0.183. The number of phenols is 1. The molecule has 11 heteroatoms. The Balaban J connectivity index is 1.48. The van der Waals surface area contributed by atoms with E-state index in [-0.39, 0.29) is 12.2 Å². The van der Waals surface area contributed by atoms with Crippen molar-refractivity contribution in [2.75, 3.05) is 20.3 Å². The number of aryl methyl sites for hydroxylation is 1. The number of nitrogens with zero attached hydrogens (tertiary/aromatic N) is 1. The summed E-state index contributed by atoms with van der Waals surface area (Å²) in [5, 5.41) is 13.2. The Hall–Kier alpha value is -4.77. The number of benzene rings is 3. The fraction of sp³-hybridized carbons (Fsp3) is 0.250. The molecule has 3 N–H and O–H groups in total. The molecular weight excluding hydrogens is 570 g/mol. The molecule has 10 nitrogen and oxygen atoms in total. The van der Waals surface area contributed by atoms with Crippen LogP contribution in [0.15, 0.2) is 60.8 Å². The first-order chi connectivity index (χ1) is 20.7. The molecule has 0 aliphatic heterocycles. The number of aromatic nitrogens is 2. The second kappa shape index (κ2) is 12.2. The van der Waals surface area contributed by atoms with Crippen LogP contribution in [0.25, 0.3) is 32.9 Å². The number of sulfonamides is 1. The van der Waals surface area contributed by atoms with Gasteiger partial charge in [-0.2, -0.15) is 0 Å². The van der Waals surface area contributed by atoms with Crippen molar-refractivity contribution >= 4 is 37.6 Å². The Morgan fingerprint density at radius 3 is 2.51 bits per heavy atom. The minimum absolute atomic E-state index is 0.0432. The van der Waals surface area contributed by atoms with Gasteiger partial charge in [-0.15, -0.1) is 0 Å². The number of hydrogen-bond acceptors (Lipinski definition) is 8. The zero-order valence-electron chi connectivity index (χ0n) is 24.4. The predicted octanol–water partition coefficient (Wildman–Crippen LogP) is 5.39. The van der Waals surface area contributed by atoms with Crippen molar-refractivity contribution in [3.8, 4) is 34.4 Å². The molecule has 0 saturated carbocycles. The van der Waals surface area contributed by atoms with Crippen LogP contribution in [-0.2, 0) is 27.0 Å². The summed E-state index contributed by atoms with van der Waals surface area (Å²) in [4.78, 5) is 20.5. The Labute approximate surface area is 249 Å². The van der Waals surface area contributed by atoms with Crippen molar-refractivity contribution in [1.29, 1.82) is 0 Å². The Kier molecular flexibility index (Phi) is 8.45. The third-order valence-electron chi connectivity index (χ3n) is 7.01. The average Bonchev–Trinajstić information content (AvgIpc) is 3.34. The highest BCUT2D eigenvalue weighted by Crippen LogP contribution is 2.49. The molecule has 3 aromatic carbocycles. The van der Waals surface area contributed by atoms with Gasteiger partial charge in [0.1, 0.15) is 5.75 Å². The molecule has 5 rings (SSSR count). The summed E-state index contributed by atoms with van der Waals surface area (Å²) < 4.78 is 45.0. The molecule has 224 valence electrons. The standard InChI is InChI=1S/C32H33N3O7S/c1-5-41-31-23-11-9-15-33-28(23)27-26(30(31)37)29(34-32(27)42-6-2)22-14-13-20(16-19(22)3)18-43(38,39)35-25(36)17-21-10-7-8-12-24(21)40-4/h7-16,34,37H,5-6,17-18H2,1-4H3,(H,35,36). The number of aromatic hydroxyl groups is 1. The van der Waals surface area contributed by atoms with Crippen LogP contribution >= 0.6 is 0 Å². The first-order valence-electron chi connectivity index (χ1n) is 13.8. The summed E-state index contributed by atoms with van der Waals surface area (Å²) in [6, 6.07) is 15.8. The highest BCUT2D eigenvalue weighted by atomic mass is 32.2. The van der Waals surface area contributed by atoms with Gasteiger partial charge in [-0.05, 0) is 50.1 Å². The number of pyridine rings is 1. The van der Waals surface area contributed by atoms with Gasteiger partial charge in [0.05, 0.1) is 54.5 Å². The van der Waals surface area contributed by atoms with E-state index >= 15 is 0 Å². The normalized spacial score (nSPS) is 11.5. The fourth-order valence-corrected chi connectivity index (χ4v) is 6.41. The van der Waals surface area contributed by atoms with Gasteiger partial charge in [-0.25, -0.2) is 8.42 Å². The number of rotatable bonds is 11. The number of amides is 1. The van der Waals surface area contributed by atoms with Gasteiger partial charge < -0.3 is 24.3 Å². The van der Waals surface area contributed by atoms with Crippen molar-refractivity contribution < 1.29 is 32.5 Å². The van der Waals surface area contributed by atoms with Crippen LogP contribution in [0, 0.1) is 6.92 Å². The summed E-state index contributed by atoms with van der Waals surface area (Å²) in [7, 11) is -2.49. The number of H-pyrrole nitrogens is 1. The van der Waals surface area contributed by atoms with Gasteiger partial charge in [-0.3, -0.25) is 14.5 Å². The number of carbonyl (C=O) groups is 1. The Morgan fingerprint density at radius 1 is 1.02 bits per heavy atom. The van der Waals surface area contributed by atoms with Gasteiger partial charge in [-0.1, -0.05) is 36.4 Å². The van der Waals surface area contributed by atoms with Gasteiger partial charge in [0.15, 0.2) is 11.5 Å². The number of phenolic OH excluding ortho intramolecular Hbond substituents is 1. The van der Waals surface area contributed by atoms with Crippen molar-refractivity contribution in [1.82, 2.24) is 14.7 Å². The molecule has 0 unspecified atom stereocenters. The van der Waals surface area contributed by atoms with Crippen LogP contribution in [0.5, 0.6) is 23.1 Å². The first kappa shape index (κ1) is 29.7. The van der Waals surface area contributed by atoms with E-state index in [1.165, 1.54) is 7.11 Å². The van der Waals surface area contributed by atoms with Crippen molar-refractivity contribution in [3.05, 3.63) is 77.5 Å². The minimum atomic E-state index is -3.98. The van der Waals surface area contributed by atoms with E-state index < -0.39 is 21.7 Å². The van der Waals surface area contributed by atoms with Crippen LogP contribution in [0.3, 0.4) is 0 Å². The van der Waals surface area contributed by atoms with Crippen LogP contribution in [0.4, 0.5) is 0 Å². The zero-order chi connectivity index (χ0) is 30.7. The SMILES string of the molecule is CCOc1c(O)c2c(-c3ccc(CS(=O)(=O)NC(=O)Cc4ccccc4OC)cc3C)[nH]c(OCC)c2c2ncccc12. The average molecular weight is 604 g/mol. The number of fused-ring (bicyclic) bond motifs is 3. The molecule has 5 aromatic rings. The number of hydrogen-bond donors (Lipinski definition) is 3. The van der Waals surface area contributed by atoms with Crippen molar-refractivity contribution in [2.24, 2.45) is 0 Å². The fourth-order valence-electron chi connectivity index (χ4n) is 5.30. The zero-order valence-corrected chi connectivity index (χ0v) is 25.2. The summed E-state index contributed by atoms with van der Waals surface area (Å²) in [5.41, 5.74) is 3.76. The number of methoxy groups -OCH3 is 1. The van der Waals surface area contributed by atoms with Gasteiger partial charge in [0.2, 0.25) is 21.8 Å². The highest BCUT2D eigenvalue weighted by molar-refractivity contribution is 7.89. The smallest absolute Gasteiger partial charge is 0.239 e. The van der Waals surface area contributed by atoms with E-state index in [4.69, 9.17) is 14.2 Å². The second-order valence-electron chi connectivity index (χ2n) is 9.94. The van der Waals surface area contributed by atoms with E-state index in [9.17, 15) is 18.3 Å². The number of para-hydroxylation sites is 1. The maximum atomic E-state index is 12.9. The van der Waals surface area contributed by atoms with Gasteiger partial charge >= 0.3 is 0 Å². The lowest BCUT2D eigenvalue weighted by molar-refractivity contribution is -0.118. The molecule has 0 fully saturated rings. The van der Waals surface area contributed by atoms with E-state index in [2.05, 4.69) is 14.7 Å². The monoisotopic (exact) mass is 603 g/mol. The topological polar surface area (TPSA) is 140 Å². The summed E-state index contributed by atoms with van der Waals surface area (Å²) in [6.45, 7) is 6.28. The molecule has 0 bridgehead atoms. The molecule has 2 heterocycles. The van der Waals surface area contributed by atoms with Crippen LogP contribution in [0.2, 0.25) is 0 Å². The number of aromatic amines is 1. The maximum Gasteiger partial charge on any atom is 0.239 e. The number of carbonyl (C=O) groups excluding carboxylic acids is 1.